The maximum Gasteiger partial charge on any atom is 0.282 e. The van der Waals surface area contributed by atoms with Crippen LogP contribution >= 0.6 is 11.6 Å². The molecular weight excluding hydrogens is 287 g/mol. The number of benzene rings is 2. The van der Waals surface area contributed by atoms with Crippen molar-refractivity contribution in [2.24, 2.45) is 0 Å². The van der Waals surface area contributed by atoms with Crippen LogP contribution in [0.3, 0.4) is 0 Å². The van der Waals surface area contributed by atoms with E-state index < -0.39 is 16.6 Å². The van der Waals surface area contributed by atoms with Gasteiger partial charge in [-0.3, -0.25) is 14.9 Å². The number of nitrogens with zero attached hydrogens (tertiary/aromatic N) is 1. The minimum Gasteiger partial charge on any atom is -0.322 e. The molecule has 1 amide bonds. The summed E-state index contributed by atoms with van der Waals surface area (Å²) in [5, 5.41) is 13.4. The number of amides is 1. The summed E-state index contributed by atoms with van der Waals surface area (Å²) >= 11 is 5.73. The molecule has 2 rings (SSSR count). The fourth-order valence-electron chi connectivity index (χ4n) is 1.61. The van der Waals surface area contributed by atoms with Crippen molar-refractivity contribution in [2.75, 3.05) is 5.32 Å². The number of halogens is 2. The first-order chi connectivity index (χ1) is 9.47. The van der Waals surface area contributed by atoms with Crippen LogP contribution in [-0.2, 0) is 0 Å². The summed E-state index contributed by atoms with van der Waals surface area (Å²) in [6.07, 6.45) is 0. The number of rotatable bonds is 3. The van der Waals surface area contributed by atoms with Gasteiger partial charge in [0.05, 0.1) is 4.92 Å². The lowest BCUT2D eigenvalue weighted by Gasteiger charge is -2.06. The number of anilines is 1. The van der Waals surface area contributed by atoms with Crippen molar-refractivity contribution in [2.45, 2.75) is 0 Å². The van der Waals surface area contributed by atoms with Gasteiger partial charge in [0.2, 0.25) is 0 Å². The van der Waals surface area contributed by atoms with Crippen molar-refractivity contribution < 1.29 is 14.1 Å². The van der Waals surface area contributed by atoms with Crippen molar-refractivity contribution in [3.63, 3.8) is 0 Å². The van der Waals surface area contributed by atoms with E-state index in [1.807, 2.05) is 0 Å². The standard InChI is InChI=1S/C13H8ClFN2O3/c14-8-4-5-12(17(19)20)11(6-8)13(18)16-10-3-1-2-9(15)7-10/h1-7H,(H,16,18). The van der Waals surface area contributed by atoms with E-state index in [1.54, 1.807) is 0 Å². The summed E-state index contributed by atoms with van der Waals surface area (Å²) in [5.74, 6) is -1.26. The Bertz CT molecular complexity index is 691. The highest BCUT2D eigenvalue weighted by atomic mass is 35.5. The molecule has 0 aliphatic rings. The first kappa shape index (κ1) is 14.0. The third kappa shape index (κ3) is 3.10. The Kier molecular flexibility index (Phi) is 3.95. The van der Waals surface area contributed by atoms with Crippen LogP contribution < -0.4 is 5.32 Å². The summed E-state index contributed by atoms with van der Waals surface area (Å²) in [5.41, 5.74) is -0.362. The molecule has 0 fully saturated rings. The molecule has 2 aromatic carbocycles. The van der Waals surface area contributed by atoms with Gasteiger partial charge < -0.3 is 5.32 Å². The monoisotopic (exact) mass is 294 g/mol. The molecule has 0 aromatic heterocycles. The van der Waals surface area contributed by atoms with Crippen molar-refractivity contribution in [3.8, 4) is 0 Å². The largest absolute Gasteiger partial charge is 0.322 e. The van der Waals surface area contributed by atoms with E-state index in [-0.39, 0.29) is 22.0 Å². The van der Waals surface area contributed by atoms with Crippen LogP contribution in [-0.4, -0.2) is 10.8 Å². The molecule has 0 atom stereocenters. The topological polar surface area (TPSA) is 72.2 Å². The van der Waals surface area contributed by atoms with Gasteiger partial charge in [-0.2, -0.15) is 0 Å². The van der Waals surface area contributed by atoms with Crippen LogP contribution in [0.1, 0.15) is 10.4 Å². The number of hydrogen-bond donors (Lipinski definition) is 1. The molecule has 0 radical (unpaired) electrons. The third-order valence-electron chi connectivity index (χ3n) is 2.48. The molecule has 0 spiro atoms. The molecule has 20 heavy (non-hydrogen) atoms. The van der Waals surface area contributed by atoms with Crippen LogP contribution in [0, 0.1) is 15.9 Å². The first-order valence-electron chi connectivity index (χ1n) is 5.48. The molecule has 0 aliphatic heterocycles. The van der Waals surface area contributed by atoms with E-state index in [0.717, 1.165) is 12.1 Å². The summed E-state index contributed by atoms with van der Waals surface area (Å²) in [6, 6.07) is 8.86. The van der Waals surface area contributed by atoms with Crippen LogP contribution in [0.15, 0.2) is 42.5 Å². The van der Waals surface area contributed by atoms with Crippen LogP contribution in [0.2, 0.25) is 5.02 Å². The Morgan fingerprint density at radius 3 is 2.65 bits per heavy atom. The van der Waals surface area contributed by atoms with Crippen LogP contribution in [0.25, 0.3) is 0 Å². The zero-order chi connectivity index (χ0) is 14.7. The number of nitro groups is 1. The Balaban J connectivity index is 2.34. The van der Waals surface area contributed by atoms with E-state index in [2.05, 4.69) is 5.32 Å². The second-order valence-corrected chi connectivity index (χ2v) is 4.32. The maximum atomic E-state index is 13.0. The van der Waals surface area contributed by atoms with Crippen molar-refractivity contribution >= 4 is 28.9 Å². The average molecular weight is 295 g/mol. The number of carbonyl (C=O) groups is 1. The van der Waals surface area contributed by atoms with Gasteiger partial charge in [-0.1, -0.05) is 17.7 Å². The van der Waals surface area contributed by atoms with E-state index >= 15 is 0 Å². The predicted octanol–water partition coefficient (Wildman–Crippen LogP) is 3.64. The summed E-state index contributed by atoms with van der Waals surface area (Å²) in [7, 11) is 0. The summed E-state index contributed by atoms with van der Waals surface area (Å²) in [4.78, 5) is 22.2. The Morgan fingerprint density at radius 1 is 1.25 bits per heavy atom. The average Bonchev–Trinajstić information content (AvgIpc) is 2.38. The lowest BCUT2D eigenvalue weighted by Crippen LogP contribution is -2.14. The second kappa shape index (κ2) is 5.66. The molecule has 0 aliphatic carbocycles. The normalized spacial score (nSPS) is 10.1. The Hall–Kier alpha value is -2.47. The highest BCUT2D eigenvalue weighted by Gasteiger charge is 2.20. The molecule has 0 unspecified atom stereocenters. The zero-order valence-electron chi connectivity index (χ0n) is 9.97. The number of nitro benzene ring substituents is 1. The lowest BCUT2D eigenvalue weighted by atomic mass is 10.1. The minimum atomic E-state index is -0.732. The van der Waals surface area contributed by atoms with E-state index in [0.29, 0.717) is 0 Å². The van der Waals surface area contributed by atoms with E-state index in [4.69, 9.17) is 11.6 Å². The number of nitrogens with one attached hydrogen (secondary N) is 1. The highest BCUT2D eigenvalue weighted by Crippen LogP contribution is 2.23. The van der Waals surface area contributed by atoms with Crippen LogP contribution in [0.5, 0.6) is 0 Å². The van der Waals surface area contributed by atoms with Gasteiger partial charge in [0.15, 0.2) is 0 Å². The molecule has 0 bridgehead atoms. The van der Waals surface area contributed by atoms with Gasteiger partial charge in [-0.15, -0.1) is 0 Å². The molecule has 2 aromatic rings. The highest BCUT2D eigenvalue weighted by molar-refractivity contribution is 6.31. The first-order valence-corrected chi connectivity index (χ1v) is 5.86. The number of hydrogen-bond acceptors (Lipinski definition) is 3. The molecule has 102 valence electrons. The quantitative estimate of drug-likeness (QED) is 0.694. The molecular formula is C13H8ClFN2O3. The predicted molar refractivity (Wildman–Crippen MR) is 72.5 cm³/mol. The third-order valence-corrected chi connectivity index (χ3v) is 2.72. The summed E-state index contributed by atoms with van der Waals surface area (Å²) in [6.45, 7) is 0. The molecule has 0 saturated carbocycles. The van der Waals surface area contributed by atoms with Crippen molar-refractivity contribution in [3.05, 3.63) is 69.0 Å². The van der Waals surface area contributed by atoms with Crippen molar-refractivity contribution in [1.82, 2.24) is 0 Å². The smallest absolute Gasteiger partial charge is 0.282 e. The van der Waals surface area contributed by atoms with Crippen molar-refractivity contribution in [1.29, 1.82) is 0 Å². The maximum absolute atomic E-state index is 13.0. The second-order valence-electron chi connectivity index (χ2n) is 3.88. The number of carbonyl (C=O) groups excluding carboxylic acids is 1. The van der Waals surface area contributed by atoms with Gasteiger partial charge in [0, 0.05) is 16.8 Å². The van der Waals surface area contributed by atoms with Gasteiger partial charge in [0.25, 0.3) is 11.6 Å². The molecule has 1 N–H and O–H groups in total. The SMILES string of the molecule is O=C(Nc1cccc(F)c1)c1cc(Cl)ccc1[N+](=O)[O-]. The van der Waals surface area contributed by atoms with Gasteiger partial charge in [-0.05, 0) is 30.3 Å². The molecule has 5 nitrogen and oxygen atoms in total. The van der Waals surface area contributed by atoms with Gasteiger partial charge in [0.1, 0.15) is 11.4 Å². The lowest BCUT2D eigenvalue weighted by molar-refractivity contribution is -0.385. The fraction of sp³-hybridized carbons (Fsp3) is 0. The molecule has 0 heterocycles. The minimum absolute atomic E-state index is 0.188. The zero-order valence-corrected chi connectivity index (χ0v) is 10.7. The van der Waals surface area contributed by atoms with E-state index in [1.165, 1.54) is 30.3 Å². The van der Waals surface area contributed by atoms with Gasteiger partial charge >= 0.3 is 0 Å². The van der Waals surface area contributed by atoms with E-state index in [9.17, 15) is 19.3 Å². The Labute approximate surface area is 118 Å². The van der Waals surface area contributed by atoms with Gasteiger partial charge in [-0.25, -0.2) is 4.39 Å². The molecule has 7 heteroatoms. The van der Waals surface area contributed by atoms with Crippen LogP contribution in [0.4, 0.5) is 15.8 Å². The summed E-state index contributed by atoms with van der Waals surface area (Å²) < 4.78 is 13.0. The molecule has 0 saturated heterocycles. The fourth-order valence-corrected chi connectivity index (χ4v) is 1.79. The Morgan fingerprint density at radius 2 is 2.00 bits per heavy atom.